The molecule has 0 aliphatic rings. The summed E-state index contributed by atoms with van der Waals surface area (Å²) in [7, 11) is 0. The molecule has 0 unspecified atom stereocenters. The van der Waals surface area contributed by atoms with Gasteiger partial charge in [0.05, 0.1) is 0 Å². The van der Waals surface area contributed by atoms with Crippen molar-refractivity contribution in [1.29, 1.82) is 0 Å². The minimum absolute atomic E-state index is 8.77. The smallest absolute Gasteiger partial charge is 0.216 e. The lowest BCUT2D eigenvalue weighted by Crippen LogP contribution is -2.80. The fraction of sp³-hybridized carbons (Fsp3) is 1.00. The van der Waals surface area contributed by atoms with Gasteiger partial charge in [-0.3, -0.25) is 0 Å². The van der Waals surface area contributed by atoms with Gasteiger partial charge in [-0.25, -0.2) is 8.78 Å². The lowest BCUT2D eigenvalue weighted by atomic mass is 9.80. The van der Waals surface area contributed by atoms with Crippen LogP contribution in [0.3, 0.4) is 0 Å². The quantitative estimate of drug-likeness (QED) is 0.207. The van der Waals surface area contributed by atoms with Gasteiger partial charge in [0.15, 0.2) is 0 Å². The molecule has 0 bridgehead atoms. The Morgan fingerprint density at radius 1 is 0.136 bits per heavy atom. The molecule has 0 amide bonds. The first-order valence-electron chi connectivity index (χ1n) is 8.92. The van der Waals surface area contributed by atoms with Crippen molar-refractivity contribution >= 4 is 0 Å². The van der Waals surface area contributed by atoms with Crippen molar-refractivity contribution in [3.8, 4) is 0 Å². The van der Waals surface area contributed by atoms with Gasteiger partial charge < -0.3 is 0 Å². The van der Waals surface area contributed by atoms with Gasteiger partial charge >= 0.3 is 83.4 Å². The number of rotatable bonds is 9. The highest BCUT2D eigenvalue weighted by Gasteiger charge is 3.02. The second kappa shape index (κ2) is 9.71. The van der Waals surface area contributed by atoms with Crippen LogP contribution < -0.4 is 0 Å². The highest BCUT2D eigenvalue weighted by molar-refractivity contribution is 5.23. The maximum atomic E-state index is 13.6. The summed E-state index contributed by atoms with van der Waals surface area (Å²) >= 11 is 0. The Kier molecular flexibility index (Phi) is 9.24. The van der Waals surface area contributed by atoms with Gasteiger partial charge in [0, 0.05) is 0 Å². The van der Waals surface area contributed by atoms with E-state index in [9.17, 15) is 132 Å². The molecule has 0 aliphatic heterocycles. The van der Waals surface area contributed by atoms with Gasteiger partial charge in [0.25, 0.3) is 0 Å². The van der Waals surface area contributed by atoms with E-state index in [2.05, 4.69) is 0 Å². The normalized spacial score (nSPS) is 17.3. The molecule has 0 heterocycles. The van der Waals surface area contributed by atoms with Gasteiger partial charge in [-0.1, -0.05) is 0 Å². The molecule has 0 aliphatic carbocycles. The van der Waals surface area contributed by atoms with E-state index in [1.165, 1.54) is 0 Å². The van der Waals surface area contributed by atoms with Crippen LogP contribution in [0.5, 0.6) is 0 Å². The number of halogens is 30. The predicted molar refractivity (Wildman–Crippen MR) is 71.5 cm³/mol. The van der Waals surface area contributed by atoms with Crippen LogP contribution in [0.2, 0.25) is 0 Å². The molecule has 0 fully saturated rings. The zero-order valence-electron chi connectivity index (χ0n) is 18.3. The predicted octanol–water partition coefficient (Wildman–Crippen LogP) is 9.73. The summed E-state index contributed by atoms with van der Waals surface area (Å²) in [5.41, 5.74) is -18.6. The lowest BCUT2D eigenvalue weighted by Gasteiger charge is -2.47. The van der Waals surface area contributed by atoms with Crippen LogP contribution in [-0.2, 0) is 0 Å². The fourth-order valence-corrected chi connectivity index (χ4v) is 2.65. The van der Waals surface area contributed by atoms with Crippen LogP contribution in [0.4, 0.5) is 132 Å². The van der Waals surface area contributed by atoms with Crippen LogP contribution in [-0.4, -0.2) is 83.4 Å². The third-order valence-electron chi connectivity index (χ3n) is 5.19. The van der Waals surface area contributed by atoms with E-state index in [1.807, 2.05) is 0 Å². The summed E-state index contributed by atoms with van der Waals surface area (Å²) < 4.78 is 391. The summed E-state index contributed by atoms with van der Waals surface area (Å²) in [6, 6.07) is 0. The van der Waals surface area contributed by atoms with E-state index in [4.69, 9.17) is 0 Å². The molecule has 0 aromatic rings. The largest absolute Gasteiger partial charge is 0.438 e. The van der Waals surface area contributed by atoms with Crippen LogP contribution in [0, 0.1) is 0 Å². The summed E-state index contributed by atoms with van der Waals surface area (Å²) in [5.74, 6) is -79.4. The molecule has 0 radical (unpaired) electrons. The van der Waals surface area contributed by atoms with Crippen molar-refractivity contribution in [3.63, 3.8) is 0 Å². The van der Waals surface area contributed by atoms with Crippen molar-refractivity contribution in [3.05, 3.63) is 0 Å². The summed E-state index contributed by atoms with van der Waals surface area (Å²) in [6.45, 7) is 0. The Morgan fingerprint density at radius 2 is 0.227 bits per heavy atom. The minimum atomic E-state index is -10.1. The second-order valence-corrected chi connectivity index (χ2v) is 7.90. The molecule has 30 heteroatoms. The molecular weight excluding hydrogens is 738 g/mol. The Bertz CT molecular complexity index is 928. The standard InChI is InChI=1S/C14F30/c15-1(11(33,34)35,12(36,37)38)3(17,18)5(21,22)7(25,26)9(29,30)10(31,32)8(27,28)6(23,24)4(19,20)2(16,13(39,40)41)14(42,43)44. The molecule has 0 aromatic heterocycles. The maximum absolute atomic E-state index is 13.6. The molecule has 0 N–H and O–H groups in total. The molecule has 0 nitrogen and oxygen atoms in total. The van der Waals surface area contributed by atoms with E-state index in [-0.39, 0.29) is 0 Å². The van der Waals surface area contributed by atoms with Crippen molar-refractivity contribution in [2.75, 3.05) is 0 Å². The Hall–Kier alpha value is -2.10. The third kappa shape index (κ3) is 4.57. The first-order chi connectivity index (χ1) is 18.2. The summed E-state index contributed by atoms with van der Waals surface area (Å²) in [5, 5.41) is 0. The van der Waals surface area contributed by atoms with E-state index >= 15 is 0 Å². The third-order valence-corrected chi connectivity index (χ3v) is 5.19. The van der Waals surface area contributed by atoms with E-state index in [0.717, 1.165) is 0 Å². The van der Waals surface area contributed by atoms with Crippen LogP contribution >= 0.6 is 0 Å². The lowest BCUT2D eigenvalue weighted by molar-refractivity contribution is -0.492. The molecule has 0 aromatic carbocycles. The molecule has 0 atom stereocenters. The van der Waals surface area contributed by atoms with Crippen LogP contribution in [0.25, 0.3) is 0 Å². The molecule has 0 rings (SSSR count). The highest BCUT2D eigenvalue weighted by Crippen LogP contribution is 2.69. The van der Waals surface area contributed by atoms with Crippen molar-refractivity contribution < 1.29 is 132 Å². The van der Waals surface area contributed by atoms with Gasteiger partial charge in [0.1, 0.15) is 0 Å². The molecule has 0 saturated carbocycles. The van der Waals surface area contributed by atoms with Gasteiger partial charge in [-0.15, -0.1) is 0 Å². The zero-order valence-corrected chi connectivity index (χ0v) is 18.3. The number of hydrogen-bond donors (Lipinski definition) is 0. The Labute approximate surface area is 216 Å². The van der Waals surface area contributed by atoms with Crippen molar-refractivity contribution in [2.24, 2.45) is 0 Å². The first kappa shape index (κ1) is 41.9. The molecular formula is C14F30. The Morgan fingerprint density at radius 3 is 0.318 bits per heavy atom. The number of alkyl halides is 30. The fourth-order valence-electron chi connectivity index (χ4n) is 2.65. The van der Waals surface area contributed by atoms with Crippen molar-refractivity contribution in [2.45, 2.75) is 83.4 Å². The second-order valence-electron chi connectivity index (χ2n) is 7.90. The van der Waals surface area contributed by atoms with E-state index < -0.39 is 83.4 Å². The summed E-state index contributed by atoms with van der Waals surface area (Å²) in [6.07, 6.45) is -35.1. The summed E-state index contributed by atoms with van der Waals surface area (Å²) in [4.78, 5) is 0. The van der Waals surface area contributed by atoms with Crippen LogP contribution in [0.1, 0.15) is 0 Å². The molecule has 266 valence electrons. The number of hydrogen-bond acceptors (Lipinski definition) is 0. The molecule has 44 heavy (non-hydrogen) atoms. The van der Waals surface area contributed by atoms with Crippen molar-refractivity contribution in [1.82, 2.24) is 0 Å². The van der Waals surface area contributed by atoms with E-state index in [0.29, 0.717) is 0 Å². The first-order valence-corrected chi connectivity index (χ1v) is 8.92. The van der Waals surface area contributed by atoms with Crippen LogP contribution in [0.15, 0.2) is 0 Å². The average molecular weight is 738 g/mol. The van der Waals surface area contributed by atoms with E-state index in [1.54, 1.807) is 0 Å². The van der Waals surface area contributed by atoms with Gasteiger partial charge in [-0.05, 0) is 0 Å². The Balaban J connectivity index is 7.77. The minimum Gasteiger partial charge on any atom is -0.216 e. The van der Waals surface area contributed by atoms with Gasteiger partial charge in [0.2, 0.25) is 0 Å². The topological polar surface area (TPSA) is 0 Å². The average Bonchev–Trinajstić information content (AvgIpc) is 2.73. The monoisotopic (exact) mass is 738 g/mol. The SMILES string of the molecule is FC(F)(F)C(F)(C(F)(F)F)C(F)(F)C(F)(F)C(F)(F)C(F)(F)C(F)(F)C(F)(F)C(F)(F)C(F)(F)C(F)(C(F)(F)F)C(F)(F)F. The molecule has 0 saturated heterocycles. The van der Waals surface area contributed by atoms with Gasteiger partial charge in [-0.2, -0.15) is 123 Å². The zero-order chi connectivity index (χ0) is 37.0. The highest BCUT2D eigenvalue weighted by atomic mass is 19.5. The molecule has 0 spiro atoms. The maximum Gasteiger partial charge on any atom is 0.438 e.